The molecule has 0 aliphatic carbocycles. The van der Waals surface area contributed by atoms with E-state index >= 15 is 0 Å². The van der Waals surface area contributed by atoms with Crippen LogP contribution in [0.3, 0.4) is 0 Å². The van der Waals surface area contributed by atoms with Crippen LogP contribution in [0.1, 0.15) is 18.1 Å². The number of nitrogens with zero attached hydrogens (tertiary/aromatic N) is 4. The number of rotatable bonds is 5. The highest BCUT2D eigenvalue weighted by molar-refractivity contribution is 5.77. The molecule has 8 heteroatoms. The van der Waals surface area contributed by atoms with Gasteiger partial charge in [0.05, 0.1) is 18.8 Å². The largest absolute Gasteiger partial charge is 0.464 e. The number of aryl methyl sites for hydroxylation is 1. The highest BCUT2D eigenvalue weighted by Gasteiger charge is 2.26. The first-order valence-electron chi connectivity index (χ1n) is 8.32. The summed E-state index contributed by atoms with van der Waals surface area (Å²) in [7, 11) is 0. The summed E-state index contributed by atoms with van der Waals surface area (Å²) in [4.78, 5) is 24.3. The van der Waals surface area contributed by atoms with Gasteiger partial charge in [0.15, 0.2) is 0 Å². The van der Waals surface area contributed by atoms with Gasteiger partial charge in [-0.15, -0.1) is 0 Å². The van der Waals surface area contributed by atoms with Crippen molar-refractivity contribution in [2.24, 2.45) is 0 Å². The van der Waals surface area contributed by atoms with E-state index in [2.05, 4.69) is 25.4 Å². The molecule has 0 radical (unpaired) electrons. The molecule has 1 atom stereocenters. The lowest BCUT2D eigenvalue weighted by molar-refractivity contribution is -0.139. The number of benzene rings is 1. The van der Waals surface area contributed by atoms with Crippen molar-refractivity contribution in [3.05, 3.63) is 48.2 Å². The fourth-order valence-corrected chi connectivity index (χ4v) is 2.74. The number of cyclic esters (lactones) is 1. The van der Waals surface area contributed by atoms with Crippen LogP contribution in [0.2, 0.25) is 0 Å². The monoisotopic (exact) mass is 351 g/mol. The lowest BCUT2D eigenvalue weighted by atomic mass is 10.1. The van der Waals surface area contributed by atoms with Crippen molar-refractivity contribution in [2.45, 2.75) is 25.9 Å². The lowest BCUT2D eigenvalue weighted by Gasteiger charge is -2.04. The van der Waals surface area contributed by atoms with Gasteiger partial charge in [0.1, 0.15) is 11.9 Å². The molecule has 3 heterocycles. The Hall–Kier alpha value is -3.13. The summed E-state index contributed by atoms with van der Waals surface area (Å²) >= 11 is 0. The maximum Gasteiger partial charge on any atom is 0.323 e. The van der Waals surface area contributed by atoms with Crippen molar-refractivity contribution in [3.8, 4) is 22.6 Å². The van der Waals surface area contributed by atoms with Gasteiger partial charge in [-0.3, -0.25) is 10.1 Å². The second-order valence-electron chi connectivity index (χ2n) is 5.97. The van der Waals surface area contributed by atoms with Crippen LogP contribution in [0.5, 0.6) is 0 Å². The number of carbonyl (C=O) groups is 1. The average Bonchev–Trinajstić information content (AvgIpc) is 3.29. The van der Waals surface area contributed by atoms with Gasteiger partial charge < -0.3 is 9.26 Å². The first-order chi connectivity index (χ1) is 12.7. The van der Waals surface area contributed by atoms with Gasteiger partial charge in [0.2, 0.25) is 11.7 Å². The lowest BCUT2D eigenvalue weighted by Crippen LogP contribution is -2.32. The van der Waals surface area contributed by atoms with E-state index < -0.39 is 0 Å². The fraction of sp³-hybridized carbons (Fsp3) is 0.278. The molecule has 0 amide bonds. The third kappa shape index (κ3) is 3.45. The number of nitrogens with one attached hydrogen (secondary N) is 1. The Morgan fingerprint density at radius 1 is 1.15 bits per heavy atom. The van der Waals surface area contributed by atoms with Gasteiger partial charge in [0.25, 0.3) is 0 Å². The first kappa shape index (κ1) is 16.3. The highest BCUT2D eigenvalue weighted by Crippen LogP contribution is 2.22. The van der Waals surface area contributed by atoms with Gasteiger partial charge in [-0.1, -0.05) is 29.4 Å². The second kappa shape index (κ2) is 7.01. The zero-order valence-electron chi connectivity index (χ0n) is 14.2. The summed E-state index contributed by atoms with van der Waals surface area (Å²) in [5, 5.41) is 7.06. The van der Waals surface area contributed by atoms with E-state index in [9.17, 15) is 4.79 Å². The predicted octanol–water partition coefficient (Wildman–Crippen LogP) is 1.91. The van der Waals surface area contributed by atoms with Crippen molar-refractivity contribution in [1.29, 1.82) is 0 Å². The summed E-state index contributed by atoms with van der Waals surface area (Å²) in [5.41, 5.74) is 2.70. The molecule has 8 nitrogen and oxygen atoms in total. The zero-order chi connectivity index (χ0) is 17.9. The molecule has 0 saturated carbocycles. The third-order valence-electron chi connectivity index (χ3n) is 4.12. The van der Waals surface area contributed by atoms with E-state index in [1.807, 2.05) is 37.3 Å². The van der Waals surface area contributed by atoms with E-state index in [4.69, 9.17) is 9.26 Å². The van der Waals surface area contributed by atoms with Crippen LogP contribution < -0.4 is 5.32 Å². The third-order valence-corrected chi connectivity index (χ3v) is 4.12. The molecule has 1 aromatic carbocycles. The summed E-state index contributed by atoms with van der Waals surface area (Å²) in [6.07, 6.45) is 2.40. The van der Waals surface area contributed by atoms with Gasteiger partial charge in [-0.05, 0) is 13.0 Å². The molecule has 1 N–H and O–H groups in total. The molecule has 26 heavy (non-hydrogen) atoms. The van der Waals surface area contributed by atoms with E-state index in [0.717, 1.165) is 22.6 Å². The zero-order valence-corrected chi connectivity index (χ0v) is 14.2. The van der Waals surface area contributed by atoms with Gasteiger partial charge in [0, 0.05) is 23.7 Å². The topological polar surface area (TPSA) is 103 Å². The van der Waals surface area contributed by atoms with Crippen molar-refractivity contribution < 1.29 is 14.1 Å². The molecule has 0 bridgehead atoms. The summed E-state index contributed by atoms with van der Waals surface area (Å²) in [5.74, 6) is 1.42. The number of hydrogen-bond donors (Lipinski definition) is 1. The standard InChI is InChI=1S/C18H17N5O3/c1-11-19-8-6-14(21-11)12-2-4-13(5-3-12)17-22-16(26-23-17)10-20-15-7-9-25-18(15)24/h2-6,8,15,20H,7,9-10H2,1H3/t15-/m1/s1. The minimum atomic E-state index is -0.305. The Morgan fingerprint density at radius 3 is 2.69 bits per heavy atom. The fourth-order valence-electron chi connectivity index (χ4n) is 2.74. The first-order valence-corrected chi connectivity index (χ1v) is 8.32. The number of esters is 1. The Labute approximate surface area is 149 Å². The van der Waals surface area contributed by atoms with Crippen molar-refractivity contribution in [3.63, 3.8) is 0 Å². The summed E-state index contributed by atoms with van der Waals surface area (Å²) in [6.45, 7) is 2.63. The van der Waals surface area contributed by atoms with Crippen LogP contribution in [-0.2, 0) is 16.1 Å². The molecule has 1 aliphatic heterocycles. The maximum atomic E-state index is 11.4. The van der Waals surface area contributed by atoms with Crippen molar-refractivity contribution in [2.75, 3.05) is 6.61 Å². The molecular formula is C18H17N5O3. The second-order valence-corrected chi connectivity index (χ2v) is 5.97. The van der Waals surface area contributed by atoms with Gasteiger partial charge in [-0.25, -0.2) is 9.97 Å². The van der Waals surface area contributed by atoms with Crippen LogP contribution >= 0.6 is 0 Å². The van der Waals surface area contributed by atoms with E-state index in [1.54, 1.807) is 6.20 Å². The van der Waals surface area contributed by atoms with Crippen LogP contribution in [0, 0.1) is 6.92 Å². The number of hydrogen-bond acceptors (Lipinski definition) is 8. The molecule has 132 valence electrons. The Balaban J connectivity index is 1.44. The summed E-state index contributed by atoms with van der Waals surface area (Å²) in [6, 6.07) is 9.32. The molecule has 0 unspecified atom stereocenters. The van der Waals surface area contributed by atoms with Crippen molar-refractivity contribution in [1.82, 2.24) is 25.4 Å². The molecule has 1 aliphatic rings. The normalized spacial score (nSPS) is 16.7. The van der Waals surface area contributed by atoms with Gasteiger partial charge in [-0.2, -0.15) is 4.98 Å². The minimum absolute atomic E-state index is 0.236. The maximum absolute atomic E-state index is 11.4. The molecule has 0 spiro atoms. The number of aromatic nitrogens is 4. The Kier molecular flexibility index (Phi) is 4.40. The van der Waals surface area contributed by atoms with Crippen LogP contribution in [0.25, 0.3) is 22.6 Å². The molecule has 1 fully saturated rings. The van der Waals surface area contributed by atoms with Crippen LogP contribution in [-0.4, -0.2) is 38.7 Å². The quantitative estimate of drug-likeness (QED) is 0.695. The molecular weight excluding hydrogens is 334 g/mol. The predicted molar refractivity (Wildman–Crippen MR) is 91.7 cm³/mol. The van der Waals surface area contributed by atoms with E-state index in [-0.39, 0.29) is 12.0 Å². The molecule has 1 saturated heterocycles. The van der Waals surface area contributed by atoms with Crippen molar-refractivity contribution >= 4 is 5.97 Å². The summed E-state index contributed by atoms with van der Waals surface area (Å²) < 4.78 is 10.2. The smallest absolute Gasteiger partial charge is 0.323 e. The SMILES string of the molecule is Cc1nccc(-c2ccc(-c3noc(CN[C@@H]4CCOC4=O)n3)cc2)n1. The number of ether oxygens (including phenoxy) is 1. The molecule has 2 aromatic heterocycles. The van der Waals surface area contributed by atoms with Gasteiger partial charge >= 0.3 is 5.97 Å². The van der Waals surface area contributed by atoms with Crippen LogP contribution in [0.15, 0.2) is 41.1 Å². The van der Waals surface area contributed by atoms with E-state index in [0.29, 0.717) is 31.3 Å². The molecule has 3 aromatic rings. The number of carbonyl (C=O) groups excluding carboxylic acids is 1. The van der Waals surface area contributed by atoms with Crippen LogP contribution in [0.4, 0.5) is 0 Å². The Morgan fingerprint density at radius 2 is 1.96 bits per heavy atom. The Bertz CT molecular complexity index is 923. The average molecular weight is 351 g/mol. The van der Waals surface area contributed by atoms with E-state index in [1.165, 1.54) is 0 Å². The minimum Gasteiger partial charge on any atom is -0.464 e. The highest BCUT2D eigenvalue weighted by atomic mass is 16.5. The molecule has 4 rings (SSSR count).